The first-order chi connectivity index (χ1) is 18.4. The van der Waals surface area contributed by atoms with Gasteiger partial charge in [0.1, 0.15) is 12.8 Å². The molecule has 9 heteroatoms. The van der Waals surface area contributed by atoms with Crippen molar-refractivity contribution in [2.24, 2.45) is 5.92 Å². The maximum atomic E-state index is 14.3. The molecular weight excluding hydrogens is 654 g/mol. The van der Waals surface area contributed by atoms with Gasteiger partial charge in [-0.1, -0.05) is 63.3 Å². The maximum absolute atomic E-state index is 14.3. The number of carbonyl (C=O) groups excluding carboxylic acids is 2. The van der Waals surface area contributed by atoms with Crippen LogP contribution >= 0.6 is 53.3 Å². The molecule has 0 radical (unpaired) electrons. The molecule has 0 spiro atoms. The fourth-order valence-electron chi connectivity index (χ4n) is 4.45. The molecule has 2 aromatic rings. The van der Waals surface area contributed by atoms with Crippen molar-refractivity contribution < 1.29 is 14.3 Å². The summed E-state index contributed by atoms with van der Waals surface area (Å²) < 4.78 is 5.87. The highest BCUT2D eigenvalue weighted by Gasteiger charge is 2.45. The summed E-state index contributed by atoms with van der Waals surface area (Å²) in [6.07, 6.45) is 6.18. The molecule has 38 heavy (non-hydrogen) atoms. The van der Waals surface area contributed by atoms with Crippen molar-refractivity contribution in [3.63, 3.8) is 0 Å². The number of likely N-dealkylation sites (tertiary alicyclic amines) is 1. The summed E-state index contributed by atoms with van der Waals surface area (Å²) in [4.78, 5) is 30.8. The molecule has 0 bridgehead atoms. The van der Waals surface area contributed by atoms with Crippen molar-refractivity contribution in [3.05, 3.63) is 76.8 Å². The van der Waals surface area contributed by atoms with Crippen LogP contribution in [-0.2, 0) is 14.3 Å². The Balaban J connectivity index is 0.000000934. The molecule has 5 nitrogen and oxygen atoms in total. The second kappa shape index (κ2) is 16.1. The summed E-state index contributed by atoms with van der Waals surface area (Å²) in [5.74, 6) is 1.03. The number of hydrogen-bond donors (Lipinski definition) is 0. The van der Waals surface area contributed by atoms with E-state index in [1.807, 2.05) is 47.4 Å². The summed E-state index contributed by atoms with van der Waals surface area (Å²) in [6, 6.07) is 14.2. The Morgan fingerprint density at radius 1 is 1.18 bits per heavy atom. The zero-order valence-electron chi connectivity index (χ0n) is 21.7. The van der Waals surface area contributed by atoms with E-state index in [9.17, 15) is 9.59 Å². The van der Waals surface area contributed by atoms with Gasteiger partial charge in [0.25, 0.3) is 5.91 Å². The molecule has 0 aromatic heterocycles. The maximum Gasteiger partial charge on any atom is 0.252 e. The van der Waals surface area contributed by atoms with Crippen LogP contribution in [-0.4, -0.2) is 48.4 Å². The van der Waals surface area contributed by atoms with Gasteiger partial charge in [0, 0.05) is 40.4 Å². The van der Waals surface area contributed by atoms with Crippen LogP contribution in [0.3, 0.4) is 0 Å². The topological polar surface area (TPSA) is 49.9 Å². The normalized spacial score (nSPS) is 18.9. The number of benzene rings is 2. The number of allylic oxidation sites excluding steroid dienone is 1. The first-order valence-electron chi connectivity index (χ1n) is 12.9. The molecule has 2 atom stereocenters. The quantitative estimate of drug-likeness (QED) is 0.104. The van der Waals surface area contributed by atoms with Crippen molar-refractivity contribution in [2.45, 2.75) is 51.0 Å². The number of hydrogen-bond acceptors (Lipinski definition) is 4. The van der Waals surface area contributed by atoms with E-state index < -0.39 is 6.04 Å². The van der Waals surface area contributed by atoms with E-state index in [-0.39, 0.29) is 24.5 Å². The van der Waals surface area contributed by atoms with Gasteiger partial charge in [0.05, 0.1) is 6.61 Å². The molecule has 206 valence electrons. The lowest BCUT2D eigenvalue weighted by molar-refractivity contribution is -0.144. The van der Waals surface area contributed by atoms with Crippen LogP contribution in [0.25, 0.3) is 0 Å². The highest BCUT2D eigenvalue weighted by atomic mass is 127. The third-order valence-electron chi connectivity index (χ3n) is 6.59. The zero-order chi connectivity index (χ0) is 27.5. The van der Waals surface area contributed by atoms with Crippen LogP contribution in [0.5, 0.6) is 0 Å². The molecule has 1 aliphatic heterocycles. The average molecular weight is 689 g/mol. The molecule has 4 rings (SSSR count). The number of piperidine rings is 1. The highest BCUT2D eigenvalue weighted by Crippen LogP contribution is 2.39. The summed E-state index contributed by atoms with van der Waals surface area (Å²) in [6.45, 7) is 6.77. The van der Waals surface area contributed by atoms with Crippen LogP contribution in [0.15, 0.2) is 61.2 Å². The van der Waals surface area contributed by atoms with E-state index in [0.29, 0.717) is 47.6 Å². The molecule has 1 saturated carbocycles. The number of nitrogens with zero attached hydrogens (tertiary/aromatic N) is 2. The van der Waals surface area contributed by atoms with Gasteiger partial charge in [0.2, 0.25) is 5.91 Å². The van der Waals surface area contributed by atoms with Crippen LogP contribution in [0.2, 0.25) is 10.0 Å². The summed E-state index contributed by atoms with van der Waals surface area (Å²) in [5, 5.41) is 1.17. The second-order valence-electron chi connectivity index (χ2n) is 9.43. The molecule has 2 amide bonds. The number of amides is 2. The van der Waals surface area contributed by atoms with Gasteiger partial charge in [-0.05, 0) is 88.7 Å². The van der Waals surface area contributed by atoms with Gasteiger partial charge in [-0.3, -0.25) is 14.5 Å². The monoisotopic (exact) mass is 688 g/mol. The molecule has 2 aliphatic rings. The third kappa shape index (κ3) is 9.15. The number of ether oxygens (including phenoxy) is 1. The SMILES string of the molecule is C=CCC.O=C(C1[C@H](c2cccc(Cl)c2)CCC(=O)N1CC1CC1)N(COCCSI)c1cccc(Cl)c1. The van der Waals surface area contributed by atoms with E-state index in [2.05, 4.69) is 34.7 Å². The Kier molecular flexibility index (Phi) is 13.3. The smallest absolute Gasteiger partial charge is 0.252 e. The summed E-state index contributed by atoms with van der Waals surface area (Å²) in [7, 11) is 1.66. The Bertz CT molecular complexity index is 1090. The van der Waals surface area contributed by atoms with E-state index in [0.717, 1.165) is 30.6 Å². The van der Waals surface area contributed by atoms with Crippen LogP contribution in [0.4, 0.5) is 5.69 Å². The van der Waals surface area contributed by atoms with Gasteiger partial charge in [0.15, 0.2) is 0 Å². The van der Waals surface area contributed by atoms with Gasteiger partial charge < -0.3 is 9.64 Å². The molecule has 1 heterocycles. The average Bonchev–Trinajstić information content (AvgIpc) is 3.74. The van der Waals surface area contributed by atoms with Crippen molar-refractivity contribution in [2.75, 3.05) is 30.5 Å². The van der Waals surface area contributed by atoms with E-state index in [1.165, 1.54) is 0 Å². The van der Waals surface area contributed by atoms with E-state index >= 15 is 0 Å². The Morgan fingerprint density at radius 2 is 1.87 bits per heavy atom. The van der Waals surface area contributed by atoms with Gasteiger partial charge in [-0.2, -0.15) is 0 Å². The lowest BCUT2D eigenvalue weighted by atomic mass is 9.82. The zero-order valence-corrected chi connectivity index (χ0v) is 26.1. The molecule has 2 fully saturated rings. The lowest BCUT2D eigenvalue weighted by Crippen LogP contribution is -2.57. The first kappa shape index (κ1) is 31.3. The number of rotatable bonds is 11. The molecule has 1 saturated heterocycles. The molecular formula is C29H35Cl2IN2O3S. The van der Waals surface area contributed by atoms with E-state index in [1.54, 1.807) is 26.0 Å². The molecule has 0 N–H and O–H groups in total. The van der Waals surface area contributed by atoms with E-state index in [4.69, 9.17) is 27.9 Å². The van der Waals surface area contributed by atoms with Crippen molar-refractivity contribution in [1.29, 1.82) is 0 Å². The Labute approximate surface area is 252 Å². The van der Waals surface area contributed by atoms with Gasteiger partial charge in [-0.25, -0.2) is 0 Å². The third-order valence-corrected chi connectivity index (χ3v) is 8.70. The molecule has 1 aliphatic carbocycles. The minimum absolute atomic E-state index is 0.0387. The minimum Gasteiger partial charge on any atom is -0.360 e. The largest absolute Gasteiger partial charge is 0.360 e. The lowest BCUT2D eigenvalue weighted by Gasteiger charge is -2.42. The molecule has 1 unspecified atom stereocenters. The van der Waals surface area contributed by atoms with Crippen molar-refractivity contribution >= 4 is 70.8 Å². The summed E-state index contributed by atoms with van der Waals surface area (Å²) >= 11 is 14.8. The van der Waals surface area contributed by atoms with Crippen LogP contribution in [0, 0.1) is 5.92 Å². The Hall–Kier alpha value is -1.26. The number of anilines is 1. The van der Waals surface area contributed by atoms with Crippen LogP contribution < -0.4 is 4.90 Å². The fourth-order valence-corrected chi connectivity index (χ4v) is 5.56. The first-order valence-corrected chi connectivity index (χ1v) is 17.2. The van der Waals surface area contributed by atoms with Gasteiger partial charge >= 0.3 is 0 Å². The molecule has 2 aromatic carbocycles. The number of carbonyl (C=O) groups is 2. The predicted molar refractivity (Wildman–Crippen MR) is 168 cm³/mol. The number of halogens is 3. The predicted octanol–water partition coefficient (Wildman–Crippen LogP) is 8.15. The highest BCUT2D eigenvalue weighted by molar-refractivity contribution is 14.2. The Morgan fingerprint density at radius 3 is 2.47 bits per heavy atom. The van der Waals surface area contributed by atoms with Gasteiger partial charge in [-0.15, -0.1) is 6.58 Å². The standard InChI is InChI=1S/C25H27Cl2IN2O3S.C4H8/c26-19-4-1-3-18(13-19)22-9-10-23(31)29(15-17-7-8-17)24(22)25(32)30(16-33-11-12-34-28)21-6-2-5-20(27)14-21;1-3-4-2/h1-6,13-14,17,22,24H,7-12,15-16H2;3H,1,4H2,2H3/t22-,24?;/m0./s1. The van der Waals surface area contributed by atoms with Crippen molar-refractivity contribution in [1.82, 2.24) is 4.90 Å². The fraction of sp³-hybridized carbons (Fsp3) is 0.448. The van der Waals surface area contributed by atoms with Crippen molar-refractivity contribution in [3.8, 4) is 0 Å². The van der Waals surface area contributed by atoms with Crippen LogP contribution in [0.1, 0.15) is 50.5 Å². The minimum atomic E-state index is -0.623. The second-order valence-corrected chi connectivity index (χ2v) is 12.8. The summed E-state index contributed by atoms with van der Waals surface area (Å²) in [5.41, 5.74) is 1.64.